The number of hydrogen-bond acceptors (Lipinski definition) is 4. The molecule has 0 unspecified atom stereocenters. The fourth-order valence-electron chi connectivity index (χ4n) is 4.32. The van der Waals surface area contributed by atoms with Gasteiger partial charge in [-0.15, -0.1) is 0 Å². The topological polar surface area (TPSA) is 63.2 Å². The molecule has 0 aliphatic rings. The van der Waals surface area contributed by atoms with E-state index >= 15 is 0 Å². The normalized spacial score (nSPS) is 11.4. The molecule has 3 aromatic carbocycles. The van der Waals surface area contributed by atoms with Crippen molar-refractivity contribution < 1.29 is 8.42 Å². The van der Waals surface area contributed by atoms with Gasteiger partial charge in [-0.3, -0.25) is 0 Å². The van der Waals surface area contributed by atoms with Crippen LogP contribution in [0.25, 0.3) is 11.1 Å². The third-order valence-corrected chi connectivity index (χ3v) is 8.07. The van der Waals surface area contributed by atoms with Gasteiger partial charge in [0.05, 0.1) is 16.3 Å². The van der Waals surface area contributed by atoms with Crippen molar-refractivity contribution >= 4 is 21.5 Å². The third-order valence-electron chi connectivity index (χ3n) is 6.34. The van der Waals surface area contributed by atoms with Crippen molar-refractivity contribution in [2.24, 2.45) is 0 Å². The van der Waals surface area contributed by atoms with Crippen LogP contribution < -0.4 is 4.31 Å². The molecule has 0 amide bonds. The molecule has 0 radical (unpaired) electrons. The fraction of sp³-hybridized carbons (Fsp3) is 0.290. The van der Waals surface area contributed by atoms with Crippen molar-refractivity contribution in [3.63, 3.8) is 0 Å². The molecule has 1 aromatic heterocycles. The fourth-order valence-corrected chi connectivity index (χ4v) is 5.77. The van der Waals surface area contributed by atoms with Crippen LogP contribution in [-0.2, 0) is 22.9 Å². The van der Waals surface area contributed by atoms with Crippen LogP contribution in [0.5, 0.6) is 0 Å². The number of nitrogens with zero attached hydrogens (tertiary/aromatic N) is 3. The SMILES string of the molecule is CCCCc1nc(CCCC)c(-c2ccccc2)c(N(c2ccccc2)S(=O)(=O)c2ccc(C)cc2)n1. The summed E-state index contributed by atoms with van der Waals surface area (Å²) in [6.07, 6.45) is 5.37. The molecule has 0 spiro atoms. The van der Waals surface area contributed by atoms with E-state index in [9.17, 15) is 8.42 Å². The molecule has 6 heteroatoms. The predicted molar refractivity (Wildman–Crippen MR) is 152 cm³/mol. The number of anilines is 2. The lowest BCUT2D eigenvalue weighted by molar-refractivity contribution is 0.595. The van der Waals surface area contributed by atoms with Crippen molar-refractivity contribution in [2.75, 3.05) is 4.31 Å². The number of unbranched alkanes of at least 4 members (excludes halogenated alkanes) is 2. The van der Waals surface area contributed by atoms with Gasteiger partial charge >= 0.3 is 0 Å². The van der Waals surface area contributed by atoms with Gasteiger partial charge in [-0.25, -0.2) is 22.7 Å². The van der Waals surface area contributed by atoms with Gasteiger partial charge in [0.2, 0.25) is 0 Å². The van der Waals surface area contributed by atoms with E-state index in [-0.39, 0.29) is 4.90 Å². The summed E-state index contributed by atoms with van der Waals surface area (Å²) in [6, 6.07) is 26.1. The molecule has 4 rings (SSSR count). The molecule has 1 heterocycles. The zero-order valence-electron chi connectivity index (χ0n) is 21.9. The average molecular weight is 514 g/mol. The highest BCUT2D eigenvalue weighted by atomic mass is 32.2. The Hall–Kier alpha value is -3.51. The van der Waals surface area contributed by atoms with E-state index in [0.717, 1.165) is 54.5 Å². The summed E-state index contributed by atoms with van der Waals surface area (Å²) < 4.78 is 30.1. The van der Waals surface area contributed by atoms with E-state index in [1.807, 2.05) is 79.7 Å². The standard InChI is InChI=1S/C31H35N3O2S/c1-4-6-18-28-30(25-14-10-8-11-15-25)31(33-29(32-28)19-7-5-2)34(26-16-12-9-13-17-26)37(35,36)27-22-20-24(3)21-23-27/h8-17,20-23H,4-7,18-19H2,1-3H3. The lowest BCUT2D eigenvalue weighted by Gasteiger charge is -2.27. The van der Waals surface area contributed by atoms with Crippen LogP contribution in [-0.4, -0.2) is 18.4 Å². The van der Waals surface area contributed by atoms with Gasteiger partial charge in [0, 0.05) is 12.0 Å². The maximum absolute atomic E-state index is 14.3. The van der Waals surface area contributed by atoms with Crippen molar-refractivity contribution in [3.05, 3.63) is 102 Å². The van der Waals surface area contributed by atoms with Crippen LogP contribution in [0.3, 0.4) is 0 Å². The van der Waals surface area contributed by atoms with Gasteiger partial charge in [-0.05, 0) is 56.0 Å². The van der Waals surface area contributed by atoms with Gasteiger partial charge in [-0.2, -0.15) is 0 Å². The van der Waals surface area contributed by atoms with E-state index in [1.54, 1.807) is 12.1 Å². The van der Waals surface area contributed by atoms with Crippen LogP contribution in [0.4, 0.5) is 11.5 Å². The number of hydrogen-bond donors (Lipinski definition) is 0. The predicted octanol–water partition coefficient (Wildman–Crippen LogP) is 7.66. The Morgan fingerprint density at radius 2 is 1.32 bits per heavy atom. The zero-order chi connectivity index (χ0) is 26.3. The maximum atomic E-state index is 14.3. The van der Waals surface area contributed by atoms with E-state index < -0.39 is 10.0 Å². The molecule has 0 aliphatic carbocycles. The molecular formula is C31H35N3O2S. The van der Waals surface area contributed by atoms with E-state index in [2.05, 4.69) is 13.8 Å². The summed E-state index contributed by atoms with van der Waals surface area (Å²) in [6.45, 7) is 6.24. The second-order valence-electron chi connectivity index (χ2n) is 9.28. The molecule has 0 aliphatic heterocycles. The zero-order valence-corrected chi connectivity index (χ0v) is 22.7. The number of benzene rings is 3. The first-order valence-electron chi connectivity index (χ1n) is 13.1. The van der Waals surface area contributed by atoms with Gasteiger partial charge in [0.25, 0.3) is 10.0 Å². The van der Waals surface area contributed by atoms with Crippen LogP contribution >= 0.6 is 0 Å². The van der Waals surface area contributed by atoms with Gasteiger partial charge in [0.15, 0.2) is 5.82 Å². The first-order valence-corrected chi connectivity index (χ1v) is 14.5. The molecule has 37 heavy (non-hydrogen) atoms. The number of aromatic nitrogens is 2. The molecule has 192 valence electrons. The van der Waals surface area contributed by atoms with Crippen LogP contribution in [0, 0.1) is 6.92 Å². The van der Waals surface area contributed by atoms with Gasteiger partial charge < -0.3 is 0 Å². The summed E-state index contributed by atoms with van der Waals surface area (Å²) in [7, 11) is -3.99. The number of para-hydroxylation sites is 1. The van der Waals surface area contributed by atoms with Crippen LogP contribution in [0.2, 0.25) is 0 Å². The highest BCUT2D eigenvalue weighted by Crippen LogP contribution is 2.40. The Kier molecular flexibility index (Phi) is 8.72. The molecule has 0 atom stereocenters. The average Bonchev–Trinajstić information content (AvgIpc) is 2.92. The van der Waals surface area contributed by atoms with Gasteiger partial charge in [0.1, 0.15) is 5.82 Å². The summed E-state index contributed by atoms with van der Waals surface area (Å²) in [5.41, 5.74) is 4.12. The summed E-state index contributed by atoms with van der Waals surface area (Å²) in [5.74, 6) is 1.09. The number of rotatable bonds is 11. The number of sulfonamides is 1. The Morgan fingerprint density at radius 3 is 1.95 bits per heavy atom. The van der Waals surface area contributed by atoms with Crippen molar-refractivity contribution in [2.45, 2.75) is 64.2 Å². The second-order valence-corrected chi connectivity index (χ2v) is 11.1. The number of aryl methyl sites for hydroxylation is 3. The highest BCUT2D eigenvalue weighted by Gasteiger charge is 2.32. The lowest BCUT2D eigenvalue weighted by Crippen LogP contribution is -2.28. The third kappa shape index (κ3) is 6.08. The Labute approximate surface area is 221 Å². The lowest BCUT2D eigenvalue weighted by atomic mass is 10.0. The van der Waals surface area contributed by atoms with Crippen molar-refractivity contribution in [1.29, 1.82) is 0 Å². The summed E-state index contributed by atoms with van der Waals surface area (Å²) in [4.78, 5) is 10.2. The second kappa shape index (κ2) is 12.2. The molecule has 4 aromatic rings. The van der Waals surface area contributed by atoms with Crippen molar-refractivity contribution in [1.82, 2.24) is 9.97 Å². The monoisotopic (exact) mass is 513 g/mol. The Balaban J connectivity index is 2.05. The molecule has 0 fully saturated rings. The van der Waals surface area contributed by atoms with E-state index in [1.165, 1.54) is 4.31 Å². The smallest absolute Gasteiger partial charge is 0.237 e. The summed E-state index contributed by atoms with van der Waals surface area (Å²) in [5, 5.41) is 0. The quantitative estimate of drug-likeness (QED) is 0.206. The van der Waals surface area contributed by atoms with Crippen LogP contribution in [0.1, 0.15) is 56.6 Å². The maximum Gasteiger partial charge on any atom is 0.269 e. The molecule has 5 nitrogen and oxygen atoms in total. The minimum atomic E-state index is -3.99. The molecule has 0 bridgehead atoms. The highest BCUT2D eigenvalue weighted by molar-refractivity contribution is 7.93. The molecular weight excluding hydrogens is 478 g/mol. The Morgan fingerprint density at radius 1 is 0.730 bits per heavy atom. The Bertz CT molecular complexity index is 1400. The van der Waals surface area contributed by atoms with Crippen LogP contribution in [0.15, 0.2) is 89.8 Å². The minimum absolute atomic E-state index is 0.227. The minimum Gasteiger partial charge on any atom is -0.237 e. The van der Waals surface area contributed by atoms with E-state index in [0.29, 0.717) is 23.8 Å². The molecule has 0 N–H and O–H groups in total. The first kappa shape index (κ1) is 26.6. The van der Waals surface area contributed by atoms with E-state index in [4.69, 9.17) is 9.97 Å². The summed E-state index contributed by atoms with van der Waals surface area (Å²) >= 11 is 0. The molecule has 0 saturated heterocycles. The largest absolute Gasteiger partial charge is 0.269 e. The first-order chi connectivity index (χ1) is 18.0. The van der Waals surface area contributed by atoms with Gasteiger partial charge in [-0.1, -0.05) is 92.9 Å². The van der Waals surface area contributed by atoms with Crippen molar-refractivity contribution in [3.8, 4) is 11.1 Å². The molecule has 0 saturated carbocycles.